The lowest BCUT2D eigenvalue weighted by atomic mass is 10.1. The van der Waals surface area contributed by atoms with Crippen LogP contribution in [0.2, 0.25) is 0 Å². The molecule has 0 aliphatic heterocycles. The Balaban J connectivity index is 4.47. The van der Waals surface area contributed by atoms with E-state index in [1.165, 1.54) is 135 Å². The molecule has 0 bridgehead atoms. The first-order chi connectivity index (χ1) is 35.0. The van der Waals surface area contributed by atoms with Crippen LogP contribution in [0, 0.1) is 0 Å². The summed E-state index contributed by atoms with van der Waals surface area (Å²) in [7, 11) is 0. The Bertz CT molecular complexity index is 1370. The molecule has 71 heavy (non-hydrogen) atoms. The van der Waals surface area contributed by atoms with E-state index in [4.69, 9.17) is 14.2 Å². The summed E-state index contributed by atoms with van der Waals surface area (Å²) in [5.41, 5.74) is 0. The molecule has 0 aromatic rings. The SMILES string of the molecule is CCCCC/C=C\C/C=C\CCCCCCCCCC(=O)OCC(COC(=O)CCCCCCC\C=C/C=C\C=C/CCCCCCC)OC(=O)CCCCCCC/C=C\C=C/CCCCCCCCC. The van der Waals surface area contributed by atoms with Crippen LogP contribution in [0.15, 0.2) is 85.1 Å². The van der Waals surface area contributed by atoms with Crippen molar-refractivity contribution in [3.05, 3.63) is 85.1 Å². The summed E-state index contributed by atoms with van der Waals surface area (Å²) >= 11 is 0. The minimum Gasteiger partial charge on any atom is -0.462 e. The van der Waals surface area contributed by atoms with Gasteiger partial charge in [-0.05, 0) is 103 Å². The first kappa shape index (κ1) is 67.6. The maximum Gasteiger partial charge on any atom is 0.306 e. The van der Waals surface area contributed by atoms with E-state index in [2.05, 4.69) is 106 Å². The molecular formula is C65H112O6. The van der Waals surface area contributed by atoms with E-state index >= 15 is 0 Å². The predicted molar refractivity (Wildman–Crippen MR) is 307 cm³/mol. The number of carbonyl (C=O) groups is 3. The average Bonchev–Trinajstić information content (AvgIpc) is 3.37. The quantitative estimate of drug-likeness (QED) is 0.0199. The van der Waals surface area contributed by atoms with Gasteiger partial charge in [-0.1, -0.05) is 254 Å². The van der Waals surface area contributed by atoms with Gasteiger partial charge < -0.3 is 14.2 Å². The molecule has 0 aliphatic carbocycles. The topological polar surface area (TPSA) is 78.9 Å². The number of hydrogen-bond acceptors (Lipinski definition) is 6. The molecule has 0 heterocycles. The maximum atomic E-state index is 12.9. The Kier molecular flexibility index (Phi) is 56.3. The Morgan fingerprint density at radius 1 is 0.296 bits per heavy atom. The maximum absolute atomic E-state index is 12.9. The Morgan fingerprint density at radius 3 is 0.930 bits per heavy atom. The van der Waals surface area contributed by atoms with E-state index in [9.17, 15) is 14.4 Å². The van der Waals surface area contributed by atoms with E-state index in [0.29, 0.717) is 19.3 Å². The molecule has 408 valence electrons. The van der Waals surface area contributed by atoms with Gasteiger partial charge in [0.1, 0.15) is 13.2 Å². The van der Waals surface area contributed by atoms with E-state index in [1.54, 1.807) is 0 Å². The van der Waals surface area contributed by atoms with Gasteiger partial charge in [-0.2, -0.15) is 0 Å². The molecule has 6 heteroatoms. The molecule has 0 N–H and O–H groups in total. The van der Waals surface area contributed by atoms with Crippen molar-refractivity contribution in [1.82, 2.24) is 0 Å². The van der Waals surface area contributed by atoms with Gasteiger partial charge in [-0.25, -0.2) is 0 Å². The zero-order valence-corrected chi connectivity index (χ0v) is 46.7. The van der Waals surface area contributed by atoms with Crippen molar-refractivity contribution in [3.63, 3.8) is 0 Å². The van der Waals surface area contributed by atoms with Crippen molar-refractivity contribution in [2.24, 2.45) is 0 Å². The van der Waals surface area contributed by atoms with Gasteiger partial charge in [0.2, 0.25) is 0 Å². The smallest absolute Gasteiger partial charge is 0.306 e. The zero-order chi connectivity index (χ0) is 51.4. The van der Waals surface area contributed by atoms with Crippen molar-refractivity contribution in [1.29, 1.82) is 0 Å². The van der Waals surface area contributed by atoms with Crippen molar-refractivity contribution in [2.75, 3.05) is 13.2 Å². The second kappa shape index (κ2) is 59.2. The standard InChI is InChI=1S/C65H112O6/c1-4-7-10-13-16-19-22-25-28-31-34-37-40-43-46-49-52-55-58-64(67)70-61-62(60-69-63(66)57-54-51-48-45-42-39-36-33-30-27-24-21-18-15-12-9-6-3)71-65(68)59-56-53-50-47-44-41-38-35-32-29-26-23-20-17-14-11-8-5-2/h18,21-22,25,27-32,34-35,37-38,62H,4-17,19-20,23-24,26,33,36,39-61H2,1-3H3/b21-18-,25-22-,30-27-,31-28-,32-29-,37-34-,38-35-. The predicted octanol–water partition coefficient (Wildman–Crippen LogP) is 20.3. The summed E-state index contributed by atoms with van der Waals surface area (Å²) in [5, 5.41) is 0. The highest BCUT2D eigenvalue weighted by molar-refractivity contribution is 5.71. The normalized spacial score (nSPS) is 12.7. The largest absolute Gasteiger partial charge is 0.462 e. The fourth-order valence-electron chi connectivity index (χ4n) is 8.35. The van der Waals surface area contributed by atoms with Gasteiger partial charge in [0.25, 0.3) is 0 Å². The third kappa shape index (κ3) is 57.4. The molecule has 0 fully saturated rings. The van der Waals surface area contributed by atoms with E-state index in [0.717, 1.165) is 116 Å². The second-order valence-electron chi connectivity index (χ2n) is 20.0. The number of ether oxygens (including phenoxy) is 3. The zero-order valence-electron chi connectivity index (χ0n) is 46.7. The van der Waals surface area contributed by atoms with Crippen LogP contribution in [0.3, 0.4) is 0 Å². The second-order valence-corrected chi connectivity index (χ2v) is 20.0. The van der Waals surface area contributed by atoms with E-state index in [1.807, 2.05) is 0 Å². The number of carbonyl (C=O) groups excluding carboxylic acids is 3. The third-order valence-corrected chi connectivity index (χ3v) is 12.9. The number of hydrogen-bond donors (Lipinski definition) is 0. The van der Waals surface area contributed by atoms with Crippen molar-refractivity contribution < 1.29 is 28.6 Å². The van der Waals surface area contributed by atoms with E-state index in [-0.39, 0.29) is 31.1 Å². The van der Waals surface area contributed by atoms with Gasteiger partial charge in [0.15, 0.2) is 6.10 Å². The summed E-state index contributed by atoms with van der Waals surface area (Å²) in [4.78, 5) is 38.2. The van der Waals surface area contributed by atoms with Crippen LogP contribution in [0.4, 0.5) is 0 Å². The molecule has 1 atom stereocenters. The Morgan fingerprint density at radius 2 is 0.563 bits per heavy atom. The van der Waals surface area contributed by atoms with Crippen LogP contribution >= 0.6 is 0 Å². The van der Waals surface area contributed by atoms with Crippen LogP contribution in [-0.2, 0) is 28.6 Å². The number of allylic oxidation sites excluding steroid dienone is 14. The highest BCUT2D eigenvalue weighted by Gasteiger charge is 2.19. The van der Waals surface area contributed by atoms with Crippen LogP contribution < -0.4 is 0 Å². The molecule has 0 aromatic heterocycles. The minimum atomic E-state index is -0.798. The number of esters is 3. The van der Waals surface area contributed by atoms with Crippen LogP contribution in [0.1, 0.15) is 290 Å². The summed E-state index contributed by atoms with van der Waals surface area (Å²) in [6.45, 7) is 6.58. The van der Waals surface area contributed by atoms with Crippen molar-refractivity contribution in [3.8, 4) is 0 Å². The molecule has 0 saturated heterocycles. The molecule has 0 amide bonds. The van der Waals surface area contributed by atoms with Gasteiger partial charge in [0, 0.05) is 19.3 Å². The monoisotopic (exact) mass is 989 g/mol. The van der Waals surface area contributed by atoms with Gasteiger partial charge in [-0.3, -0.25) is 14.4 Å². The molecule has 0 aromatic carbocycles. The van der Waals surface area contributed by atoms with Gasteiger partial charge >= 0.3 is 17.9 Å². The summed E-state index contributed by atoms with van der Waals surface area (Å²) < 4.78 is 16.9. The first-order valence-electron chi connectivity index (χ1n) is 30.1. The van der Waals surface area contributed by atoms with Crippen LogP contribution in [-0.4, -0.2) is 37.2 Å². The Labute approximate surface area is 439 Å². The lowest BCUT2D eigenvalue weighted by Crippen LogP contribution is -2.30. The highest BCUT2D eigenvalue weighted by atomic mass is 16.6. The van der Waals surface area contributed by atoms with Crippen molar-refractivity contribution in [2.45, 2.75) is 297 Å². The highest BCUT2D eigenvalue weighted by Crippen LogP contribution is 2.15. The van der Waals surface area contributed by atoms with Crippen LogP contribution in [0.25, 0.3) is 0 Å². The molecule has 0 saturated carbocycles. The first-order valence-corrected chi connectivity index (χ1v) is 30.1. The molecule has 0 rings (SSSR count). The molecule has 0 aliphatic rings. The average molecular weight is 990 g/mol. The fraction of sp³-hybridized carbons (Fsp3) is 0.738. The lowest BCUT2D eigenvalue weighted by molar-refractivity contribution is -0.167. The summed E-state index contributed by atoms with van der Waals surface area (Å²) in [5.74, 6) is -0.928. The molecule has 6 nitrogen and oxygen atoms in total. The molecule has 0 spiro atoms. The minimum absolute atomic E-state index is 0.0937. The molecular weight excluding hydrogens is 877 g/mol. The summed E-state index contributed by atoms with van der Waals surface area (Å²) in [6, 6.07) is 0. The number of rotatable bonds is 54. The number of unbranched alkanes of at least 4 members (excludes halogenated alkanes) is 32. The van der Waals surface area contributed by atoms with Gasteiger partial charge in [-0.15, -0.1) is 0 Å². The van der Waals surface area contributed by atoms with Crippen molar-refractivity contribution >= 4 is 17.9 Å². The van der Waals surface area contributed by atoms with Gasteiger partial charge in [0.05, 0.1) is 0 Å². The third-order valence-electron chi connectivity index (χ3n) is 12.9. The lowest BCUT2D eigenvalue weighted by Gasteiger charge is -2.18. The summed E-state index contributed by atoms with van der Waals surface area (Å²) in [6.07, 6.45) is 77.1. The fourth-order valence-corrected chi connectivity index (χ4v) is 8.35. The van der Waals surface area contributed by atoms with E-state index < -0.39 is 6.10 Å². The molecule has 0 radical (unpaired) electrons. The Hall–Kier alpha value is -3.41. The molecule has 1 unspecified atom stereocenters. The van der Waals surface area contributed by atoms with Crippen LogP contribution in [0.5, 0.6) is 0 Å².